The summed E-state index contributed by atoms with van der Waals surface area (Å²) in [6.07, 6.45) is 0.721. The number of carbonyl (C=O) groups is 3. The Labute approximate surface area is 225 Å². The van der Waals surface area contributed by atoms with E-state index in [0.29, 0.717) is 19.4 Å². The average molecular weight is 525 g/mol. The Bertz CT molecular complexity index is 1100. The number of hydrogen-bond donors (Lipinski definition) is 1. The van der Waals surface area contributed by atoms with Crippen LogP contribution in [0.15, 0.2) is 54.6 Å². The second-order valence-corrected chi connectivity index (χ2v) is 11.7. The number of ether oxygens (including phenoxy) is 2. The topological polar surface area (TPSA) is 96.4 Å². The van der Waals surface area contributed by atoms with Crippen molar-refractivity contribution in [2.24, 2.45) is 0 Å². The first-order valence-electron chi connectivity index (χ1n) is 13.1. The molecule has 2 aromatic rings. The number of hydrogen-bond acceptors (Lipinski definition) is 6. The number of phenolic OH excluding ortho intramolecular Hbond substituents is 1. The number of rotatable bonds is 7. The van der Waals surface area contributed by atoms with Crippen LogP contribution in [0.4, 0.5) is 4.79 Å². The molecule has 0 aliphatic carbocycles. The standard InChI is InChI=1S/C30H40N2O6/c1-29(2,3)37-27(35)24-13-10-18-31(24)26(34)25(19-21-14-16-23(33)17-15-21)32(28(36)38-30(4,5)6)20-22-11-8-7-9-12-22/h7-9,11-12,14-17,24-25,33H,10,13,18-20H2,1-6H3/t24-,25-/m0/s1. The quantitative estimate of drug-likeness (QED) is 0.508. The number of benzene rings is 2. The lowest BCUT2D eigenvalue weighted by Gasteiger charge is -2.36. The van der Waals surface area contributed by atoms with Gasteiger partial charge in [0.1, 0.15) is 29.0 Å². The van der Waals surface area contributed by atoms with E-state index in [0.717, 1.165) is 11.1 Å². The summed E-state index contributed by atoms with van der Waals surface area (Å²) in [5.74, 6) is -0.679. The third-order valence-electron chi connectivity index (χ3n) is 6.07. The van der Waals surface area contributed by atoms with Crippen molar-refractivity contribution < 1.29 is 29.0 Å². The molecule has 1 saturated heterocycles. The second kappa shape index (κ2) is 11.9. The minimum atomic E-state index is -0.947. The maximum atomic E-state index is 14.2. The molecule has 0 aromatic heterocycles. The van der Waals surface area contributed by atoms with Crippen molar-refractivity contribution in [3.63, 3.8) is 0 Å². The number of carbonyl (C=O) groups excluding carboxylic acids is 3. The summed E-state index contributed by atoms with van der Waals surface area (Å²) in [4.78, 5) is 43.8. The van der Waals surface area contributed by atoms with Crippen LogP contribution in [0.3, 0.4) is 0 Å². The summed E-state index contributed by atoms with van der Waals surface area (Å²) in [5, 5.41) is 9.77. The molecule has 1 N–H and O–H groups in total. The fourth-order valence-electron chi connectivity index (χ4n) is 4.43. The lowest BCUT2D eigenvalue weighted by molar-refractivity contribution is -0.164. The number of esters is 1. The van der Waals surface area contributed by atoms with Crippen LogP contribution in [0.5, 0.6) is 5.75 Å². The Morgan fingerprint density at radius 3 is 2.11 bits per heavy atom. The summed E-state index contributed by atoms with van der Waals surface area (Å²) < 4.78 is 11.4. The maximum absolute atomic E-state index is 14.2. The number of likely N-dealkylation sites (tertiary alicyclic amines) is 1. The van der Waals surface area contributed by atoms with E-state index in [-0.39, 0.29) is 24.6 Å². The number of aromatic hydroxyl groups is 1. The summed E-state index contributed by atoms with van der Waals surface area (Å²) >= 11 is 0. The molecule has 0 unspecified atom stereocenters. The zero-order valence-electron chi connectivity index (χ0n) is 23.3. The SMILES string of the molecule is CC(C)(C)OC(=O)[C@@H]1CCCN1C(=O)[C@H](Cc1ccc(O)cc1)N(Cc1ccccc1)C(=O)OC(C)(C)C. The molecule has 206 valence electrons. The van der Waals surface area contributed by atoms with E-state index in [1.807, 2.05) is 30.3 Å². The lowest BCUT2D eigenvalue weighted by atomic mass is 10.0. The van der Waals surface area contributed by atoms with Crippen LogP contribution in [-0.4, -0.2) is 62.7 Å². The minimum absolute atomic E-state index is 0.106. The third-order valence-corrected chi connectivity index (χ3v) is 6.07. The normalized spacial score (nSPS) is 16.6. The monoisotopic (exact) mass is 524 g/mol. The van der Waals surface area contributed by atoms with Gasteiger partial charge in [0.15, 0.2) is 0 Å². The van der Waals surface area contributed by atoms with Crippen LogP contribution in [0, 0.1) is 0 Å². The van der Waals surface area contributed by atoms with E-state index in [1.54, 1.807) is 70.7 Å². The predicted octanol–water partition coefficient (Wildman–Crippen LogP) is 5.07. The van der Waals surface area contributed by atoms with Gasteiger partial charge in [-0.05, 0) is 77.6 Å². The molecule has 2 aromatic carbocycles. The van der Waals surface area contributed by atoms with Crippen molar-refractivity contribution in [3.8, 4) is 5.75 Å². The summed E-state index contributed by atoms with van der Waals surface area (Å²) in [6.45, 7) is 11.3. The van der Waals surface area contributed by atoms with Crippen molar-refractivity contribution in [2.75, 3.05) is 6.54 Å². The molecule has 3 rings (SSSR count). The molecule has 1 aliphatic rings. The van der Waals surface area contributed by atoms with Crippen molar-refractivity contribution in [2.45, 2.75) is 90.6 Å². The minimum Gasteiger partial charge on any atom is -0.508 e. The molecule has 2 amide bonds. The summed E-state index contributed by atoms with van der Waals surface area (Å²) in [5.41, 5.74) is 0.142. The zero-order chi connectivity index (χ0) is 28.1. The van der Waals surface area contributed by atoms with Crippen molar-refractivity contribution in [1.82, 2.24) is 9.80 Å². The first kappa shape index (κ1) is 29.0. The molecular formula is C30H40N2O6. The largest absolute Gasteiger partial charge is 0.508 e. The molecule has 1 fully saturated rings. The van der Waals surface area contributed by atoms with E-state index in [1.165, 1.54) is 4.90 Å². The van der Waals surface area contributed by atoms with Crippen LogP contribution in [0.1, 0.15) is 65.5 Å². The predicted molar refractivity (Wildman–Crippen MR) is 144 cm³/mol. The molecule has 1 heterocycles. The lowest BCUT2D eigenvalue weighted by Crippen LogP contribution is -2.55. The first-order chi connectivity index (χ1) is 17.7. The number of nitrogens with zero attached hydrogens (tertiary/aromatic N) is 2. The van der Waals surface area contributed by atoms with Gasteiger partial charge in [-0.3, -0.25) is 9.69 Å². The molecule has 0 radical (unpaired) electrons. The Morgan fingerprint density at radius 1 is 0.921 bits per heavy atom. The van der Waals surface area contributed by atoms with Gasteiger partial charge in [-0.2, -0.15) is 0 Å². The van der Waals surface area contributed by atoms with Gasteiger partial charge in [0.2, 0.25) is 5.91 Å². The molecule has 2 atom stereocenters. The van der Waals surface area contributed by atoms with E-state index in [4.69, 9.17) is 9.47 Å². The first-order valence-corrected chi connectivity index (χ1v) is 13.1. The maximum Gasteiger partial charge on any atom is 0.411 e. The second-order valence-electron chi connectivity index (χ2n) is 11.7. The van der Waals surface area contributed by atoms with Crippen molar-refractivity contribution >= 4 is 18.0 Å². The Morgan fingerprint density at radius 2 is 1.53 bits per heavy atom. The highest BCUT2D eigenvalue weighted by Gasteiger charge is 2.42. The van der Waals surface area contributed by atoms with Gasteiger partial charge in [-0.25, -0.2) is 9.59 Å². The molecular weight excluding hydrogens is 484 g/mol. The zero-order valence-corrected chi connectivity index (χ0v) is 23.3. The Kier molecular flexibility index (Phi) is 9.07. The molecule has 0 bridgehead atoms. The number of amides is 2. The van der Waals surface area contributed by atoms with Crippen LogP contribution in [0.2, 0.25) is 0 Å². The van der Waals surface area contributed by atoms with Gasteiger partial charge in [-0.1, -0.05) is 42.5 Å². The van der Waals surface area contributed by atoms with Gasteiger partial charge in [0.25, 0.3) is 0 Å². The van der Waals surface area contributed by atoms with Crippen LogP contribution < -0.4 is 0 Å². The molecule has 38 heavy (non-hydrogen) atoms. The molecule has 8 heteroatoms. The van der Waals surface area contributed by atoms with Crippen LogP contribution in [-0.2, 0) is 32.0 Å². The van der Waals surface area contributed by atoms with Gasteiger partial charge in [0.05, 0.1) is 0 Å². The van der Waals surface area contributed by atoms with E-state index < -0.39 is 35.3 Å². The van der Waals surface area contributed by atoms with E-state index >= 15 is 0 Å². The van der Waals surface area contributed by atoms with E-state index in [2.05, 4.69) is 0 Å². The Balaban J connectivity index is 2.01. The van der Waals surface area contributed by atoms with Crippen molar-refractivity contribution in [3.05, 3.63) is 65.7 Å². The molecule has 0 saturated carbocycles. The highest BCUT2D eigenvalue weighted by Crippen LogP contribution is 2.26. The fraction of sp³-hybridized carbons (Fsp3) is 0.500. The smallest absolute Gasteiger partial charge is 0.411 e. The molecule has 0 spiro atoms. The highest BCUT2D eigenvalue weighted by molar-refractivity contribution is 5.90. The van der Waals surface area contributed by atoms with E-state index in [9.17, 15) is 19.5 Å². The number of phenols is 1. The van der Waals surface area contributed by atoms with Crippen LogP contribution >= 0.6 is 0 Å². The van der Waals surface area contributed by atoms with Gasteiger partial charge in [0, 0.05) is 19.5 Å². The molecule has 1 aliphatic heterocycles. The fourth-order valence-corrected chi connectivity index (χ4v) is 4.43. The summed E-state index contributed by atoms with van der Waals surface area (Å²) in [6, 6.07) is 14.3. The summed E-state index contributed by atoms with van der Waals surface area (Å²) in [7, 11) is 0. The van der Waals surface area contributed by atoms with Crippen molar-refractivity contribution in [1.29, 1.82) is 0 Å². The van der Waals surface area contributed by atoms with Gasteiger partial charge < -0.3 is 19.5 Å². The van der Waals surface area contributed by atoms with Gasteiger partial charge in [-0.15, -0.1) is 0 Å². The Hall–Kier alpha value is -3.55. The van der Waals surface area contributed by atoms with Crippen LogP contribution in [0.25, 0.3) is 0 Å². The molecule has 8 nitrogen and oxygen atoms in total. The highest BCUT2D eigenvalue weighted by atomic mass is 16.6. The third kappa shape index (κ3) is 8.23. The average Bonchev–Trinajstić information content (AvgIpc) is 3.31. The van der Waals surface area contributed by atoms with Gasteiger partial charge >= 0.3 is 12.1 Å².